The molecule has 114 valence electrons. The molecule has 6 aliphatic rings. The van der Waals surface area contributed by atoms with Crippen LogP contribution in [0.2, 0.25) is 0 Å². The molecule has 2 heterocycles. The third-order valence-corrected chi connectivity index (χ3v) is 8.44. The molecular weight excluding hydrogens is 264 g/mol. The first-order valence-electron chi connectivity index (χ1n) is 8.95. The summed E-state index contributed by atoms with van der Waals surface area (Å²) in [5.74, 6) is 2.87. The Labute approximate surface area is 125 Å². The number of carbonyl (C=O) groups is 1. The van der Waals surface area contributed by atoms with Gasteiger partial charge in [0, 0.05) is 12.8 Å². The van der Waals surface area contributed by atoms with Crippen molar-refractivity contribution in [3.8, 4) is 0 Å². The zero-order valence-corrected chi connectivity index (χ0v) is 12.8. The van der Waals surface area contributed by atoms with Crippen LogP contribution in [0.5, 0.6) is 0 Å². The fourth-order valence-electron chi connectivity index (χ4n) is 7.44. The number of ketones is 1. The van der Waals surface area contributed by atoms with E-state index in [0.717, 1.165) is 37.0 Å². The second kappa shape index (κ2) is 3.26. The first kappa shape index (κ1) is 12.1. The van der Waals surface area contributed by atoms with E-state index in [2.05, 4.69) is 6.92 Å². The normalized spacial score (nSPS) is 66.5. The van der Waals surface area contributed by atoms with E-state index in [1.807, 2.05) is 0 Å². The minimum absolute atomic E-state index is 0.0186. The molecule has 0 bridgehead atoms. The van der Waals surface area contributed by atoms with Crippen molar-refractivity contribution in [2.45, 2.75) is 81.7 Å². The van der Waals surface area contributed by atoms with Gasteiger partial charge in [-0.1, -0.05) is 6.92 Å². The van der Waals surface area contributed by atoms with E-state index in [9.17, 15) is 4.79 Å². The van der Waals surface area contributed by atoms with Crippen LogP contribution < -0.4 is 0 Å². The molecule has 0 aromatic heterocycles. The molecular formula is C18H24O3. The van der Waals surface area contributed by atoms with Gasteiger partial charge in [0.2, 0.25) is 0 Å². The Kier molecular flexibility index (Phi) is 1.87. The van der Waals surface area contributed by atoms with E-state index in [-0.39, 0.29) is 11.2 Å². The van der Waals surface area contributed by atoms with Crippen molar-refractivity contribution in [2.75, 3.05) is 0 Å². The van der Waals surface area contributed by atoms with Gasteiger partial charge in [-0.2, -0.15) is 0 Å². The Hall–Kier alpha value is -0.410. The van der Waals surface area contributed by atoms with Crippen LogP contribution in [0.15, 0.2) is 0 Å². The lowest BCUT2D eigenvalue weighted by molar-refractivity contribution is -0.123. The summed E-state index contributed by atoms with van der Waals surface area (Å²) in [5, 5.41) is 0. The standard InChI is InChI=1S/C18H24O3/c1-16-5-4-12-11(13(16)8-14-15(16)20-14)3-6-17-9-10(19)2-7-18(12,17)21-17/h11-15H,2-9H2,1H3/t11-,12+,13+,14-,15-,16+,17+,18+/m1/s1. The van der Waals surface area contributed by atoms with Gasteiger partial charge in [-0.3, -0.25) is 4.79 Å². The lowest BCUT2D eigenvalue weighted by atomic mass is 9.50. The van der Waals surface area contributed by atoms with Gasteiger partial charge in [0.05, 0.1) is 12.2 Å². The van der Waals surface area contributed by atoms with Crippen LogP contribution in [-0.4, -0.2) is 29.2 Å². The van der Waals surface area contributed by atoms with Gasteiger partial charge < -0.3 is 9.47 Å². The topological polar surface area (TPSA) is 42.1 Å². The third-order valence-electron chi connectivity index (χ3n) is 8.44. The largest absolute Gasteiger partial charge is 0.369 e. The van der Waals surface area contributed by atoms with E-state index in [1.54, 1.807) is 0 Å². The predicted octanol–water partition coefficient (Wildman–Crippen LogP) is 2.86. The average Bonchev–Trinajstić information content (AvgIpc) is 3.32. The van der Waals surface area contributed by atoms with Crippen molar-refractivity contribution < 1.29 is 14.3 Å². The van der Waals surface area contributed by atoms with Gasteiger partial charge >= 0.3 is 0 Å². The molecule has 3 heteroatoms. The van der Waals surface area contributed by atoms with Gasteiger partial charge in [0.1, 0.15) is 17.0 Å². The van der Waals surface area contributed by atoms with Crippen LogP contribution >= 0.6 is 0 Å². The molecule has 0 radical (unpaired) electrons. The molecule has 0 amide bonds. The predicted molar refractivity (Wildman–Crippen MR) is 75.7 cm³/mol. The number of carbonyl (C=O) groups excluding carboxylic acids is 1. The second-order valence-electron chi connectivity index (χ2n) is 8.99. The minimum atomic E-state index is -0.0186. The molecule has 0 spiro atoms. The monoisotopic (exact) mass is 288 g/mol. The minimum Gasteiger partial charge on any atom is -0.369 e. The van der Waals surface area contributed by atoms with Crippen LogP contribution in [0.4, 0.5) is 0 Å². The highest BCUT2D eigenvalue weighted by Crippen LogP contribution is 2.74. The van der Waals surface area contributed by atoms with Gasteiger partial charge in [-0.05, 0) is 61.7 Å². The Bertz CT molecular complexity index is 559. The number of rotatable bonds is 0. The van der Waals surface area contributed by atoms with E-state index < -0.39 is 0 Å². The molecule has 6 rings (SSSR count). The van der Waals surface area contributed by atoms with Gasteiger partial charge in [0.25, 0.3) is 0 Å². The quantitative estimate of drug-likeness (QED) is 0.644. The highest BCUT2D eigenvalue weighted by Gasteiger charge is 2.79. The Morgan fingerprint density at radius 2 is 2.05 bits per heavy atom. The zero-order chi connectivity index (χ0) is 14.0. The van der Waals surface area contributed by atoms with Crippen molar-refractivity contribution in [3.63, 3.8) is 0 Å². The lowest BCUT2D eigenvalue weighted by Crippen LogP contribution is -2.53. The number of epoxide rings is 2. The molecule has 0 N–H and O–H groups in total. The maximum atomic E-state index is 11.9. The first-order valence-corrected chi connectivity index (χ1v) is 8.95. The number of hydrogen-bond donors (Lipinski definition) is 0. The van der Waals surface area contributed by atoms with Gasteiger partial charge in [0.15, 0.2) is 0 Å². The molecule has 8 atom stereocenters. The number of ether oxygens (including phenoxy) is 2. The van der Waals surface area contributed by atoms with E-state index >= 15 is 0 Å². The zero-order valence-electron chi connectivity index (χ0n) is 12.8. The number of Topliss-reactive ketones (excluding diaryl/α,β-unsaturated/α-hetero) is 1. The Morgan fingerprint density at radius 3 is 2.95 bits per heavy atom. The summed E-state index contributed by atoms with van der Waals surface area (Å²) in [6.07, 6.45) is 9.99. The van der Waals surface area contributed by atoms with E-state index in [1.165, 1.54) is 25.7 Å². The summed E-state index contributed by atoms with van der Waals surface area (Å²) in [5.41, 5.74) is 0.538. The molecule has 4 saturated carbocycles. The van der Waals surface area contributed by atoms with E-state index in [0.29, 0.717) is 29.8 Å². The SMILES string of the molecule is C[C@]12CC[C@H]3[C@@H](CC[C@]45CC(=O)CC[C@]34O5)[C@@H]1C[C@H]1O[C@H]12. The molecule has 0 unspecified atom stereocenters. The van der Waals surface area contributed by atoms with Crippen LogP contribution in [0.25, 0.3) is 0 Å². The van der Waals surface area contributed by atoms with Crippen molar-refractivity contribution in [3.05, 3.63) is 0 Å². The molecule has 21 heavy (non-hydrogen) atoms. The number of hydrogen-bond acceptors (Lipinski definition) is 3. The fraction of sp³-hybridized carbons (Fsp3) is 0.944. The second-order valence-corrected chi connectivity index (χ2v) is 8.99. The molecule has 0 aromatic carbocycles. The first-order chi connectivity index (χ1) is 10.1. The van der Waals surface area contributed by atoms with Crippen molar-refractivity contribution in [2.24, 2.45) is 23.2 Å². The van der Waals surface area contributed by atoms with Crippen molar-refractivity contribution >= 4 is 5.78 Å². The van der Waals surface area contributed by atoms with Gasteiger partial charge in [-0.25, -0.2) is 0 Å². The van der Waals surface area contributed by atoms with Gasteiger partial charge in [-0.15, -0.1) is 0 Å². The Balaban J connectivity index is 1.37. The molecule has 4 aliphatic carbocycles. The van der Waals surface area contributed by atoms with Crippen molar-refractivity contribution in [1.82, 2.24) is 0 Å². The highest BCUT2D eigenvalue weighted by atomic mass is 16.6. The summed E-state index contributed by atoms with van der Waals surface area (Å²) in [6, 6.07) is 0. The summed E-state index contributed by atoms with van der Waals surface area (Å²) in [7, 11) is 0. The van der Waals surface area contributed by atoms with Crippen LogP contribution in [0, 0.1) is 23.2 Å². The summed E-state index contributed by atoms with van der Waals surface area (Å²) in [4.78, 5) is 11.9. The molecule has 2 saturated heterocycles. The Morgan fingerprint density at radius 1 is 1.14 bits per heavy atom. The summed E-state index contributed by atoms with van der Waals surface area (Å²) in [6.45, 7) is 2.49. The maximum Gasteiger partial charge on any atom is 0.136 e. The summed E-state index contributed by atoms with van der Waals surface area (Å²) >= 11 is 0. The highest BCUT2D eigenvalue weighted by molar-refractivity contribution is 5.82. The van der Waals surface area contributed by atoms with Crippen LogP contribution in [0.3, 0.4) is 0 Å². The third kappa shape index (κ3) is 1.18. The fourth-order valence-corrected chi connectivity index (χ4v) is 7.44. The van der Waals surface area contributed by atoms with E-state index in [4.69, 9.17) is 9.47 Å². The average molecular weight is 288 g/mol. The molecule has 6 fully saturated rings. The lowest BCUT2D eigenvalue weighted by Gasteiger charge is -2.52. The molecule has 3 nitrogen and oxygen atoms in total. The summed E-state index contributed by atoms with van der Waals surface area (Å²) < 4.78 is 12.3. The van der Waals surface area contributed by atoms with Crippen molar-refractivity contribution in [1.29, 1.82) is 0 Å². The molecule has 2 aliphatic heterocycles. The maximum absolute atomic E-state index is 11.9. The molecule has 0 aromatic rings. The van der Waals surface area contributed by atoms with Crippen LogP contribution in [-0.2, 0) is 14.3 Å². The van der Waals surface area contributed by atoms with Crippen LogP contribution in [0.1, 0.15) is 58.3 Å². The smallest absolute Gasteiger partial charge is 0.136 e. The number of fused-ring (bicyclic) bond motifs is 5.